The van der Waals surface area contributed by atoms with Gasteiger partial charge in [-0.15, -0.1) is 0 Å². The maximum Gasteiger partial charge on any atom is 0.416 e. The van der Waals surface area contributed by atoms with Gasteiger partial charge in [0.1, 0.15) is 22.8 Å². The minimum atomic E-state index is -4.58. The second-order valence-corrected chi connectivity index (χ2v) is 7.10. The summed E-state index contributed by atoms with van der Waals surface area (Å²) in [5, 5.41) is 11.1. The Labute approximate surface area is 185 Å². The summed E-state index contributed by atoms with van der Waals surface area (Å²) in [7, 11) is 1.47. The summed E-state index contributed by atoms with van der Waals surface area (Å²) in [6.45, 7) is 1.72. The van der Waals surface area contributed by atoms with Crippen LogP contribution in [0.15, 0.2) is 54.6 Å². The molecule has 0 amide bonds. The van der Waals surface area contributed by atoms with Gasteiger partial charge in [-0.2, -0.15) is 13.2 Å². The van der Waals surface area contributed by atoms with Crippen molar-refractivity contribution in [2.24, 2.45) is 0 Å². The number of aryl methyl sites for hydroxylation is 1. The van der Waals surface area contributed by atoms with Crippen LogP contribution in [-0.2, 0) is 6.18 Å². The highest BCUT2D eigenvalue weighted by atomic mass is 35.5. The Morgan fingerprint density at radius 3 is 2.28 bits per heavy atom. The number of methoxy groups -OCH3 is 1. The Hall–Kier alpha value is -3.59. The van der Waals surface area contributed by atoms with Crippen molar-refractivity contribution in [1.29, 1.82) is 0 Å². The molecule has 3 aromatic rings. The lowest BCUT2D eigenvalue weighted by Gasteiger charge is -2.12. The number of halogens is 4. The molecule has 0 fully saturated rings. The van der Waals surface area contributed by atoms with Crippen LogP contribution in [0.25, 0.3) is 0 Å². The van der Waals surface area contributed by atoms with Crippen LogP contribution in [0.5, 0.6) is 17.2 Å². The SMILES string of the molecule is COc1ccc(C(=O)c2cc(Oc3ccc(C(F)(F)F)cc3Cl)ccc2[N+](=O)[O-])cc1C. The smallest absolute Gasteiger partial charge is 0.416 e. The zero-order valence-corrected chi connectivity index (χ0v) is 17.5. The zero-order valence-electron chi connectivity index (χ0n) is 16.7. The number of hydrogen-bond donors (Lipinski definition) is 0. The number of nitro benzene ring substituents is 1. The highest BCUT2D eigenvalue weighted by molar-refractivity contribution is 6.32. The first-order valence-corrected chi connectivity index (χ1v) is 9.41. The second kappa shape index (κ2) is 8.88. The molecule has 0 saturated heterocycles. The number of rotatable bonds is 6. The predicted molar refractivity (Wildman–Crippen MR) is 111 cm³/mol. The van der Waals surface area contributed by atoms with E-state index in [4.69, 9.17) is 21.1 Å². The number of hydrogen-bond acceptors (Lipinski definition) is 5. The van der Waals surface area contributed by atoms with Crippen molar-refractivity contribution in [3.63, 3.8) is 0 Å². The summed E-state index contributed by atoms with van der Waals surface area (Å²) in [6, 6.07) is 10.5. The van der Waals surface area contributed by atoms with Gasteiger partial charge in [0.05, 0.1) is 22.6 Å². The maximum absolute atomic E-state index is 13.0. The lowest BCUT2D eigenvalue weighted by Crippen LogP contribution is -2.07. The van der Waals surface area contributed by atoms with Gasteiger partial charge in [0.15, 0.2) is 5.78 Å². The van der Waals surface area contributed by atoms with Crippen LogP contribution < -0.4 is 9.47 Å². The number of nitro groups is 1. The molecule has 3 rings (SSSR count). The average molecular weight is 466 g/mol. The van der Waals surface area contributed by atoms with Crippen LogP contribution in [-0.4, -0.2) is 17.8 Å². The third kappa shape index (κ3) is 4.83. The third-order valence-electron chi connectivity index (χ3n) is 4.55. The van der Waals surface area contributed by atoms with Crippen LogP contribution >= 0.6 is 11.6 Å². The molecule has 0 aliphatic heterocycles. The quantitative estimate of drug-likeness (QED) is 0.232. The van der Waals surface area contributed by atoms with Crippen LogP contribution in [0.4, 0.5) is 18.9 Å². The van der Waals surface area contributed by atoms with E-state index in [-0.39, 0.29) is 27.6 Å². The molecule has 0 saturated carbocycles. The van der Waals surface area contributed by atoms with Gasteiger partial charge >= 0.3 is 6.18 Å². The van der Waals surface area contributed by atoms with E-state index in [2.05, 4.69) is 0 Å². The first kappa shape index (κ1) is 23.1. The Morgan fingerprint density at radius 2 is 1.72 bits per heavy atom. The zero-order chi connectivity index (χ0) is 23.6. The van der Waals surface area contributed by atoms with Gasteiger partial charge in [-0.3, -0.25) is 14.9 Å². The van der Waals surface area contributed by atoms with Gasteiger partial charge in [0, 0.05) is 11.6 Å². The minimum absolute atomic E-state index is 0.00848. The molecule has 0 atom stereocenters. The third-order valence-corrected chi connectivity index (χ3v) is 4.85. The molecule has 0 bridgehead atoms. The van der Waals surface area contributed by atoms with E-state index in [1.807, 2.05) is 0 Å². The Morgan fingerprint density at radius 1 is 1.03 bits per heavy atom. The van der Waals surface area contributed by atoms with Crippen molar-refractivity contribution >= 4 is 23.1 Å². The molecule has 0 unspecified atom stereocenters. The van der Waals surface area contributed by atoms with Crippen LogP contribution in [0, 0.1) is 17.0 Å². The van der Waals surface area contributed by atoms with Gasteiger partial charge in [0.2, 0.25) is 0 Å². The van der Waals surface area contributed by atoms with Crippen LogP contribution in [0.2, 0.25) is 5.02 Å². The van der Waals surface area contributed by atoms with E-state index < -0.39 is 28.1 Å². The summed E-state index contributed by atoms with van der Waals surface area (Å²) < 4.78 is 49.1. The first-order chi connectivity index (χ1) is 15.0. The maximum atomic E-state index is 13.0. The molecular formula is C22H15ClF3NO5. The Balaban J connectivity index is 1.99. The number of carbonyl (C=O) groups is 1. The molecule has 0 aliphatic carbocycles. The molecule has 0 aromatic heterocycles. The number of ketones is 1. The highest BCUT2D eigenvalue weighted by Crippen LogP contribution is 2.37. The molecule has 0 aliphatic rings. The second-order valence-electron chi connectivity index (χ2n) is 6.69. The van der Waals surface area contributed by atoms with Gasteiger partial charge in [0.25, 0.3) is 5.69 Å². The Kier molecular flexibility index (Phi) is 6.40. The number of ether oxygens (including phenoxy) is 2. The Bertz CT molecular complexity index is 1210. The van der Waals surface area contributed by atoms with E-state index in [1.165, 1.54) is 25.3 Å². The van der Waals surface area contributed by atoms with Gasteiger partial charge in [-0.25, -0.2) is 0 Å². The standard InChI is InChI=1S/C22H15ClF3NO5/c1-12-9-13(3-7-19(12)31-2)21(28)16-11-15(5-6-18(16)27(29)30)32-20-8-4-14(10-17(20)23)22(24,25)26/h3-11H,1-2H3. The number of alkyl halides is 3. The first-order valence-electron chi connectivity index (χ1n) is 9.03. The normalized spacial score (nSPS) is 11.2. The summed E-state index contributed by atoms with van der Waals surface area (Å²) in [6.07, 6.45) is -4.58. The summed E-state index contributed by atoms with van der Waals surface area (Å²) in [5.41, 5.74) is -0.806. The van der Waals surface area contributed by atoms with Crippen molar-refractivity contribution in [1.82, 2.24) is 0 Å². The van der Waals surface area contributed by atoms with Crippen LogP contribution in [0.1, 0.15) is 27.0 Å². The van der Waals surface area contributed by atoms with Crippen molar-refractivity contribution in [2.75, 3.05) is 7.11 Å². The lowest BCUT2D eigenvalue weighted by atomic mass is 9.99. The molecule has 0 heterocycles. The fourth-order valence-electron chi connectivity index (χ4n) is 2.98. The summed E-state index contributed by atoms with van der Waals surface area (Å²) in [4.78, 5) is 23.7. The largest absolute Gasteiger partial charge is 0.496 e. The van der Waals surface area contributed by atoms with Gasteiger partial charge < -0.3 is 9.47 Å². The fraction of sp³-hybridized carbons (Fsp3) is 0.136. The fourth-order valence-corrected chi connectivity index (χ4v) is 3.20. The summed E-state index contributed by atoms with van der Waals surface area (Å²) >= 11 is 5.90. The van der Waals surface area contributed by atoms with E-state index in [1.54, 1.807) is 13.0 Å². The lowest BCUT2D eigenvalue weighted by molar-refractivity contribution is -0.385. The monoisotopic (exact) mass is 465 g/mol. The van der Waals surface area contributed by atoms with Crippen molar-refractivity contribution in [3.8, 4) is 17.2 Å². The van der Waals surface area contributed by atoms with E-state index in [0.717, 1.165) is 24.3 Å². The van der Waals surface area contributed by atoms with E-state index in [9.17, 15) is 28.1 Å². The molecule has 10 heteroatoms. The van der Waals surface area contributed by atoms with Gasteiger partial charge in [-0.05, 0) is 61.0 Å². The number of benzene rings is 3. The molecule has 32 heavy (non-hydrogen) atoms. The number of nitrogens with zero attached hydrogens (tertiary/aromatic N) is 1. The van der Waals surface area contributed by atoms with Gasteiger partial charge in [-0.1, -0.05) is 11.6 Å². The highest BCUT2D eigenvalue weighted by Gasteiger charge is 2.31. The summed E-state index contributed by atoms with van der Waals surface area (Å²) in [5.74, 6) is -0.199. The van der Waals surface area contributed by atoms with Crippen molar-refractivity contribution < 1.29 is 32.4 Å². The molecule has 0 N–H and O–H groups in total. The van der Waals surface area contributed by atoms with Crippen molar-refractivity contribution in [3.05, 3.63) is 92.0 Å². The number of carbonyl (C=O) groups excluding carboxylic acids is 1. The molecule has 0 spiro atoms. The molecule has 0 radical (unpaired) electrons. The van der Waals surface area contributed by atoms with E-state index in [0.29, 0.717) is 17.4 Å². The van der Waals surface area contributed by atoms with Crippen LogP contribution in [0.3, 0.4) is 0 Å². The van der Waals surface area contributed by atoms with E-state index >= 15 is 0 Å². The average Bonchev–Trinajstić information content (AvgIpc) is 2.73. The molecule has 3 aromatic carbocycles. The predicted octanol–water partition coefficient (Wildman–Crippen LogP) is 6.61. The topological polar surface area (TPSA) is 78.7 Å². The molecule has 166 valence electrons. The molecular weight excluding hydrogens is 451 g/mol. The van der Waals surface area contributed by atoms with Crippen molar-refractivity contribution in [2.45, 2.75) is 13.1 Å². The molecule has 6 nitrogen and oxygen atoms in total. The minimum Gasteiger partial charge on any atom is -0.496 e.